The van der Waals surface area contributed by atoms with Crippen LogP contribution in [0.25, 0.3) is 6.08 Å². The van der Waals surface area contributed by atoms with Crippen molar-refractivity contribution in [1.82, 2.24) is 15.1 Å². The second-order valence-electron chi connectivity index (χ2n) is 8.15. The van der Waals surface area contributed by atoms with Crippen LogP contribution in [-0.2, 0) is 20.8 Å². The van der Waals surface area contributed by atoms with Gasteiger partial charge < -0.3 is 10.2 Å². The second kappa shape index (κ2) is 10.6. The Morgan fingerprint density at radius 3 is 2.53 bits per heavy atom. The van der Waals surface area contributed by atoms with Gasteiger partial charge in [-0.25, -0.2) is 4.39 Å². The van der Waals surface area contributed by atoms with Gasteiger partial charge in [-0.2, -0.15) is 0 Å². The van der Waals surface area contributed by atoms with Crippen LogP contribution in [0, 0.1) is 11.7 Å². The minimum atomic E-state index is -0.448. The standard InChI is InChI=1S/C25H24FN3O4S/c26-20-8-6-18(7-9-20)14-21-24(32)29(25(33)34-21)13-11-27-23(31)19-15-22(30)28(16-19)12-10-17-4-2-1-3-5-17/h1-9,14,19H,10-13,15-16H2,(H,27,31)/b21-14-. The summed E-state index contributed by atoms with van der Waals surface area (Å²) in [4.78, 5) is 52.7. The molecule has 2 aliphatic heterocycles. The molecule has 34 heavy (non-hydrogen) atoms. The van der Waals surface area contributed by atoms with Crippen LogP contribution in [0.4, 0.5) is 9.18 Å². The van der Waals surface area contributed by atoms with Gasteiger partial charge in [-0.1, -0.05) is 42.5 Å². The third-order valence-electron chi connectivity index (χ3n) is 5.77. The van der Waals surface area contributed by atoms with Crippen molar-refractivity contribution in [3.8, 4) is 0 Å². The summed E-state index contributed by atoms with van der Waals surface area (Å²) in [6, 6.07) is 15.5. The fourth-order valence-electron chi connectivity index (χ4n) is 3.91. The average molecular weight is 482 g/mol. The molecule has 7 nitrogen and oxygen atoms in total. The smallest absolute Gasteiger partial charge is 0.293 e. The Balaban J connectivity index is 1.24. The van der Waals surface area contributed by atoms with Crippen LogP contribution < -0.4 is 5.32 Å². The van der Waals surface area contributed by atoms with Gasteiger partial charge in [0, 0.05) is 32.6 Å². The number of amides is 4. The minimum Gasteiger partial charge on any atom is -0.354 e. The highest BCUT2D eigenvalue weighted by molar-refractivity contribution is 8.18. The van der Waals surface area contributed by atoms with Crippen molar-refractivity contribution < 1.29 is 23.6 Å². The van der Waals surface area contributed by atoms with Crippen molar-refractivity contribution >= 4 is 40.8 Å². The van der Waals surface area contributed by atoms with Crippen molar-refractivity contribution in [2.75, 3.05) is 26.2 Å². The van der Waals surface area contributed by atoms with E-state index in [1.54, 1.807) is 4.90 Å². The molecular formula is C25H24FN3O4S. The molecule has 2 aromatic carbocycles. The molecule has 4 amide bonds. The number of benzene rings is 2. The first kappa shape index (κ1) is 23.7. The van der Waals surface area contributed by atoms with Crippen LogP contribution in [0.5, 0.6) is 0 Å². The van der Waals surface area contributed by atoms with Crippen molar-refractivity contribution in [2.45, 2.75) is 12.8 Å². The summed E-state index contributed by atoms with van der Waals surface area (Å²) in [6.07, 6.45) is 2.42. The molecule has 1 atom stereocenters. The summed E-state index contributed by atoms with van der Waals surface area (Å²) < 4.78 is 13.1. The van der Waals surface area contributed by atoms with Crippen molar-refractivity contribution in [1.29, 1.82) is 0 Å². The quantitative estimate of drug-likeness (QED) is 0.586. The van der Waals surface area contributed by atoms with Gasteiger partial charge in [0.05, 0.1) is 10.8 Å². The van der Waals surface area contributed by atoms with E-state index in [1.165, 1.54) is 30.3 Å². The Bertz CT molecular complexity index is 1120. The van der Waals surface area contributed by atoms with E-state index in [2.05, 4.69) is 5.32 Å². The molecule has 0 bridgehead atoms. The van der Waals surface area contributed by atoms with Gasteiger partial charge in [0.25, 0.3) is 11.1 Å². The zero-order chi connectivity index (χ0) is 24.1. The number of imide groups is 1. The van der Waals surface area contributed by atoms with Crippen molar-refractivity contribution in [2.24, 2.45) is 5.92 Å². The molecule has 0 saturated carbocycles. The largest absolute Gasteiger partial charge is 0.354 e. The van der Waals surface area contributed by atoms with Gasteiger partial charge in [0.2, 0.25) is 11.8 Å². The van der Waals surface area contributed by atoms with Gasteiger partial charge in [-0.3, -0.25) is 24.1 Å². The Morgan fingerprint density at radius 2 is 1.79 bits per heavy atom. The van der Waals surface area contributed by atoms with Gasteiger partial charge in [0.15, 0.2) is 0 Å². The normalized spacial score (nSPS) is 19.4. The summed E-state index contributed by atoms with van der Waals surface area (Å²) in [5.74, 6) is -1.59. The number of hydrogen-bond donors (Lipinski definition) is 1. The second-order valence-corrected chi connectivity index (χ2v) is 9.15. The lowest BCUT2D eigenvalue weighted by molar-refractivity contribution is -0.129. The Morgan fingerprint density at radius 1 is 1.06 bits per heavy atom. The fraction of sp³-hybridized carbons (Fsp3) is 0.280. The molecule has 9 heteroatoms. The molecule has 2 heterocycles. The first-order valence-electron chi connectivity index (χ1n) is 11.0. The zero-order valence-corrected chi connectivity index (χ0v) is 19.2. The van der Waals surface area contributed by atoms with Crippen LogP contribution in [0.2, 0.25) is 0 Å². The monoisotopic (exact) mass is 481 g/mol. The molecule has 2 fully saturated rings. The van der Waals surface area contributed by atoms with E-state index >= 15 is 0 Å². The van der Waals surface area contributed by atoms with E-state index < -0.39 is 17.1 Å². The molecule has 4 rings (SSSR count). The SMILES string of the molecule is O=C(NCCN1C(=O)S/C(=C\c2ccc(F)cc2)C1=O)C1CC(=O)N(CCc2ccccc2)C1. The Labute approximate surface area is 201 Å². The minimum absolute atomic E-state index is 0.0373. The molecule has 176 valence electrons. The van der Waals surface area contributed by atoms with Gasteiger partial charge >= 0.3 is 0 Å². The lowest BCUT2D eigenvalue weighted by Gasteiger charge is -2.17. The first-order valence-corrected chi connectivity index (χ1v) is 11.8. The maximum atomic E-state index is 13.1. The van der Waals surface area contributed by atoms with Crippen LogP contribution in [0.3, 0.4) is 0 Å². The number of carbonyl (C=O) groups excluding carboxylic acids is 4. The molecule has 1 N–H and O–H groups in total. The predicted octanol–water partition coefficient (Wildman–Crippen LogP) is 3.07. The zero-order valence-electron chi connectivity index (χ0n) is 18.4. The lowest BCUT2D eigenvalue weighted by Crippen LogP contribution is -2.40. The number of halogens is 1. The number of hydrogen-bond acceptors (Lipinski definition) is 5. The number of nitrogens with zero attached hydrogens (tertiary/aromatic N) is 2. The molecule has 0 aliphatic carbocycles. The van der Waals surface area contributed by atoms with Gasteiger partial charge in [0.1, 0.15) is 5.82 Å². The topological polar surface area (TPSA) is 86.8 Å². The third-order valence-corrected chi connectivity index (χ3v) is 6.68. The van der Waals surface area contributed by atoms with Gasteiger partial charge in [-0.15, -0.1) is 0 Å². The van der Waals surface area contributed by atoms with Crippen molar-refractivity contribution in [3.63, 3.8) is 0 Å². The van der Waals surface area contributed by atoms with Gasteiger partial charge in [-0.05, 0) is 47.5 Å². The van der Waals surface area contributed by atoms with E-state index in [4.69, 9.17) is 0 Å². The summed E-state index contributed by atoms with van der Waals surface area (Å²) in [5.41, 5.74) is 1.75. The maximum absolute atomic E-state index is 13.1. The number of carbonyl (C=O) groups is 4. The summed E-state index contributed by atoms with van der Waals surface area (Å²) in [7, 11) is 0. The fourth-order valence-corrected chi connectivity index (χ4v) is 4.78. The van der Waals surface area contributed by atoms with Crippen molar-refractivity contribution in [3.05, 3.63) is 76.4 Å². The molecule has 0 aromatic heterocycles. The number of rotatable bonds is 8. The molecule has 0 spiro atoms. The van der Waals surface area contributed by atoms with Crippen LogP contribution in [0.15, 0.2) is 59.5 Å². The molecule has 2 aliphatic rings. The molecule has 2 aromatic rings. The number of thioether (sulfide) groups is 1. The van der Waals surface area contributed by atoms with Crippen LogP contribution >= 0.6 is 11.8 Å². The molecular weight excluding hydrogens is 457 g/mol. The van der Waals surface area contributed by atoms with E-state index in [0.717, 1.165) is 28.6 Å². The highest BCUT2D eigenvalue weighted by Gasteiger charge is 2.36. The summed E-state index contributed by atoms with van der Waals surface area (Å²) >= 11 is 0.810. The molecule has 1 unspecified atom stereocenters. The average Bonchev–Trinajstić information content (AvgIpc) is 3.33. The number of nitrogens with one attached hydrogen (secondary N) is 1. The lowest BCUT2D eigenvalue weighted by atomic mass is 10.1. The maximum Gasteiger partial charge on any atom is 0.293 e. The molecule has 0 radical (unpaired) electrons. The highest BCUT2D eigenvalue weighted by atomic mass is 32.2. The number of likely N-dealkylation sites (tertiary alicyclic amines) is 1. The summed E-state index contributed by atoms with van der Waals surface area (Å²) in [6.45, 7) is 1.06. The summed E-state index contributed by atoms with van der Waals surface area (Å²) in [5, 5.41) is 2.32. The van der Waals surface area contributed by atoms with E-state index in [0.29, 0.717) is 18.7 Å². The van der Waals surface area contributed by atoms with Crippen LogP contribution in [0.1, 0.15) is 17.5 Å². The predicted molar refractivity (Wildman–Crippen MR) is 127 cm³/mol. The first-order chi connectivity index (χ1) is 16.4. The molecule has 2 saturated heterocycles. The third kappa shape index (κ3) is 5.72. The van der Waals surface area contributed by atoms with E-state index in [1.807, 2.05) is 30.3 Å². The van der Waals surface area contributed by atoms with E-state index in [-0.39, 0.29) is 42.0 Å². The Hall–Kier alpha value is -3.46. The Kier molecular flexibility index (Phi) is 7.42. The van der Waals surface area contributed by atoms with E-state index in [9.17, 15) is 23.6 Å². The highest BCUT2D eigenvalue weighted by Crippen LogP contribution is 2.32. The van der Waals surface area contributed by atoms with Crippen LogP contribution in [-0.4, -0.2) is 58.9 Å².